The van der Waals surface area contributed by atoms with Gasteiger partial charge in [0.2, 0.25) is 11.5 Å². The Hall–Kier alpha value is -3.31. The molecule has 0 aliphatic carbocycles. The highest BCUT2D eigenvalue weighted by molar-refractivity contribution is 5.67. The SMILES string of the molecule is CCC(CC)C(C#N)(CCCC1Cc2c(c(OC)c(OC)c(OC)c2OC)CN1C)C1Oc2ccccc2O1. The standard InChI is InChI=1S/C31H42N2O6/c1-8-20(9-2)31(19-32,30-38-24-14-10-11-15-25(24)39-30)16-12-13-21-17-22-23(18-33(21)3)27(35-5)29(37-7)28(36-6)26(22)34-4/h10-11,14-15,20-21,30H,8-9,12-13,16-18H2,1-7H3. The third-order valence-electron chi connectivity index (χ3n) is 8.61. The third-order valence-corrected chi connectivity index (χ3v) is 8.61. The fourth-order valence-corrected chi connectivity index (χ4v) is 6.50. The van der Waals surface area contributed by atoms with Crippen LogP contribution in [-0.4, -0.2) is 52.7 Å². The van der Waals surface area contributed by atoms with Crippen molar-refractivity contribution in [1.29, 1.82) is 5.26 Å². The van der Waals surface area contributed by atoms with E-state index < -0.39 is 11.7 Å². The second kappa shape index (κ2) is 12.3. The van der Waals surface area contributed by atoms with Crippen LogP contribution in [0.5, 0.6) is 34.5 Å². The van der Waals surface area contributed by atoms with Crippen molar-refractivity contribution >= 4 is 0 Å². The molecule has 0 radical (unpaired) electrons. The smallest absolute Gasteiger partial charge is 0.260 e. The summed E-state index contributed by atoms with van der Waals surface area (Å²) in [5.41, 5.74) is 1.39. The van der Waals surface area contributed by atoms with Gasteiger partial charge in [-0.15, -0.1) is 0 Å². The molecular formula is C31H42N2O6. The molecular weight excluding hydrogens is 496 g/mol. The summed E-state index contributed by atoms with van der Waals surface area (Å²) in [6, 6.07) is 10.6. The number of hydrogen-bond acceptors (Lipinski definition) is 8. The summed E-state index contributed by atoms with van der Waals surface area (Å²) in [4.78, 5) is 2.35. The summed E-state index contributed by atoms with van der Waals surface area (Å²) in [7, 11) is 8.67. The molecule has 2 aliphatic rings. The first-order valence-corrected chi connectivity index (χ1v) is 13.8. The van der Waals surface area contributed by atoms with Gasteiger partial charge in [-0.05, 0) is 50.8 Å². The van der Waals surface area contributed by atoms with Crippen LogP contribution in [0.2, 0.25) is 0 Å². The van der Waals surface area contributed by atoms with Crippen molar-refractivity contribution in [2.75, 3.05) is 35.5 Å². The zero-order chi connectivity index (χ0) is 28.2. The normalized spacial score (nSPS) is 18.3. The molecule has 4 rings (SSSR count). The van der Waals surface area contributed by atoms with Gasteiger partial charge in [0.25, 0.3) is 6.29 Å². The second-order valence-electron chi connectivity index (χ2n) is 10.4. The van der Waals surface area contributed by atoms with Crippen molar-refractivity contribution in [3.63, 3.8) is 0 Å². The molecule has 2 heterocycles. The highest BCUT2D eigenvalue weighted by Crippen LogP contribution is 2.52. The molecule has 39 heavy (non-hydrogen) atoms. The van der Waals surface area contributed by atoms with Crippen LogP contribution >= 0.6 is 0 Å². The fraction of sp³-hybridized carbons (Fsp3) is 0.581. The monoisotopic (exact) mass is 538 g/mol. The number of fused-ring (bicyclic) bond motifs is 2. The van der Waals surface area contributed by atoms with E-state index in [9.17, 15) is 5.26 Å². The van der Waals surface area contributed by atoms with E-state index in [1.54, 1.807) is 28.4 Å². The maximum Gasteiger partial charge on any atom is 0.260 e. The Kier molecular flexibility index (Phi) is 9.01. The Bertz CT molecular complexity index is 1170. The molecule has 0 N–H and O–H groups in total. The molecule has 0 bridgehead atoms. The van der Waals surface area contributed by atoms with Gasteiger partial charge in [0, 0.05) is 23.7 Å². The number of likely N-dealkylation sites (N-methyl/N-ethyl adjacent to an activating group) is 1. The van der Waals surface area contributed by atoms with E-state index in [1.165, 1.54) is 0 Å². The number of methoxy groups -OCH3 is 4. The predicted molar refractivity (Wildman–Crippen MR) is 149 cm³/mol. The van der Waals surface area contributed by atoms with Gasteiger partial charge in [0.05, 0.1) is 34.5 Å². The Balaban J connectivity index is 1.57. The number of nitrogens with zero attached hydrogens (tertiary/aromatic N) is 2. The van der Waals surface area contributed by atoms with E-state index in [2.05, 4.69) is 31.9 Å². The maximum absolute atomic E-state index is 10.6. The summed E-state index contributed by atoms with van der Waals surface area (Å²) in [5.74, 6) is 4.05. The van der Waals surface area contributed by atoms with Crippen LogP contribution in [0, 0.1) is 22.7 Å². The number of ether oxygens (including phenoxy) is 6. The molecule has 0 spiro atoms. The summed E-state index contributed by atoms with van der Waals surface area (Å²) in [5, 5.41) is 10.6. The molecule has 8 heteroatoms. The van der Waals surface area contributed by atoms with Gasteiger partial charge >= 0.3 is 0 Å². The van der Waals surface area contributed by atoms with Gasteiger partial charge in [0.15, 0.2) is 23.0 Å². The summed E-state index contributed by atoms with van der Waals surface area (Å²) in [6.45, 7) is 4.99. The topological polar surface area (TPSA) is 82.4 Å². The Morgan fingerprint density at radius 1 is 0.923 bits per heavy atom. The fourth-order valence-electron chi connectivity index (χ4n) is 6.50. The van der Waals surface area contributed by atoms with Crippen molar-refractivity contribution in [2.45, 2.75) is 71.2 Å². The van der Waals surface area contributed by atoms with E-state index in [4.69, 9.17) is 28.4 Å². The van der Waals surface area contributed by atoms with E-state index >= 15 is 0 Å². The number of rotatable bonds is 12. The molecule has 2 aromatic carbocycles. The molecule has 2 unspecified atom stereocenters. The molecule has 0 aromatic heterocycles. The van der Waals surface area contributed by atoms with Crippen LogP contribution in [0.3, 0.4) is 0 Å². The lowest BCUT2D eigenvalue weighted by Gasteiger charge is -2.39. The minimum atomic E-state index is -0.745. The van der Waals surface area contributed by atoms with Crippen LogP contribution < -0.4 is 28.4 Å². The number of para-hydroxylation sites is 2. The lowest BCUT2D eigenvalue weighted by atomic mass is 9.69. The van der Waals surface area contributed by atoms with Crippen LogP contribution in [-0.2, 0) is 13.0 Å². The largest absolute Gasteiger partial charge is 0.492 e. The Morgan fingerprint density at radius 3 is 1.95 bits per heavy atom. The van der Waals surface area contributed by atoms with Crippen molar-refractivity contribution in [1.82, 2.24) is 4.90 Å². The molecule has 0 fully saturated rings. The maximum atomic E-state index is 10.6. The molecule has 0 saturated heterocycles. The summed E-state index contributed by atoms with van der Waals surface area (Å²) < 4.78 is 35.5. The lowest BCUT2D eigenvalue weighted by molar-refractivity contribution is -0.0742. The van der Waals surface area contributed by atoms with E-state index in [-0.39, 0.29) is 12.0 Å². The third kappa shape index (κ3) is 5.05. The molecule has 212 valence electrons. The van der Waals surface area contributed by atoms with Crippen LogP contribution in [0.1, 0.15) is 57.1 Å². The molecule has 8 nitrogen and oxygen atoms in total. The number of nitriles is 1. The average molecular weight is 539 g/mol. The van der Waals surface area contributed by atoms with Crippen LogP contribution in [0.4, 0.5) is 0 Å². The second-order valence-corrected chi connectivity index (χ2v) is 10.4. The first kappa shape index (κ1) is 28.7. The number of hydrogen-bond donors (Lipinski definition) is 0. The summed E-state index contributed by atoms with van der Waals surface area (Å²) >= 11 is 0. The highest BCUT2D eigenvalue weighted by Gasteiger charge is 2.50. The lowest BCUT2D eigenvalue weighted by Crippen LogP contribution is -2.46. The molecule has 2 aliphatic heterocycles. The van der Waals surface area contributed by atoms with E-state index in [1.807, 2.05) is 24.3 Å². The molecule has 0 amide bonds. The molecule has 2 atom stereocenters. The minimum Gasteiger partial charge on any atom is -0.492 e. The average Bonchev–Trinajstić information content (AvgIpc) is 3.40. The van der Waals surface area contributed by atoms with Crippen LogP contribution in [0.15, 0.2) is 24.3 Å². The van der Waals surface area contributed by atoms with Gasteiger partial charge in [-0.3, -0.25) is 4.90 Å². The molecule has 0 saturated carbocycles. The minimum absolute atomic E-state index is 0.160. The first-order chi connectivity index (χ1) is 18.9. The van der Waals surface area contributed by atoms with Gasteiger partial charge in [-0.25, -0.2) is 0 Å². The van der Waals surface area contributed by atoms with E-state index in [0.717, 1.165) is 43.2 Å². The van der Waals surface area contributed by atoms with E-state index in [0.29, 0.717) is 47.5 Å². The van der Waals surface area contributed by atoms with Crippen molar-refractivity contribution in [3.8, 4) is 40.6 Å². The van der Waals surface area contributed by atoms with Crippen LogP contribution in [0.25, 0.3) is 0 Å². The highest BCUT2D eigenvalue weighted by atomic mass is 16.7. The zero-order valence-electron chi connectivity index (χ0n) is 24.3. The molecule has 2 aromatic rings. The Labute approximate surface area is 232 Å². The number of benzene rings is 2. The van der Waals surface area contributed by atoms with Crippen molar-refractivity contribution in [3.05, 3.63) is 35.4 Å². The Morgan fingerprint density at radius 2 is 1.46 bits per heavy atom. The van der Waals surface area contributed by atoms with Gasteiger partial charge in [-0.2, -0.15) is 5.26 Å². The predicted octanol–water partition coefficient (Wildman–Crippen LogP) is 5.99. The van der Waals surface area contributed by atoms with Crippen molar-refractivity contribution in [2.24, 2.45) is 11.3 Å². The first-order valence-electron chi connectivity index (χ1n) is 13.8. The van der Waals surface area contributed by atoms with Gasteiger partial charge in [-0.1, -0.05) is 38.8 Å². The zero-order valence-corrected chi connectivity index (χ0v) is 24.3. The van der Waals surface area contributed by atoms with Gasteiger partial charge < -0.3 is 28.4 Å². The van der Waals surface area contributed by atoms with Gasteiger partial charge in [0.1, 0.15) is 5.41 Å². The summed E-state index contributed by atoms with van der Waals surface area (Å²) in [6.07, 6.45) is 4.41. The quantitative estimate of drug-likeness (QED) is 0.326. The van der Waals surface area contributed by atoms with Crippen molar-refractivity contribution < 1.29 is 28.4 Å².